The molecule has 0 atom stereocenters. The fourth-order valence-corrected chi connectivity index (χ4v) is 3.93. The Kier molecular flexibility index (Phi) is 6.61. The second-order valence-corrected chi connectivity index (χ2v) is 9.11. The number of anilines is 3. The number of sulfonamides is 1. The number of ether oxygens (including phenoxy) is 1. The van der Waals surface area contributed by atoms with Gasteiger partial charge in [-0.15, -0.1) is 11.3 Å². The maximum Gasteiger partial charge on any atom is 0.260 e. The van der Waals surface area contributed by atoms with Gasteiger partial charge in [0.15, 0.2) is 5.13 Å². The zero-order chi connectivity index (χ0) is 22.6. The van der Waals surface area contributed by atoms with Crippen molar-refractivity contribution in [2.24, 2.45) is 0 Å². The Hall–Kier alpha value is -3.38. The van der Waals surface area contributed by atoms with E-state index in [1.807, 2.05) is 0 Å². The van der Waals surface area contributed by atoms with Gasteiger partial charge in [0, 0.05) is 11.1 Å². The lowest BCUT2D eigenvalue weighted by Crippen LogP contribution is -2.16. The normalized spacial score (nSPS) is 11.1. The Bertz CT molecular complexity index is 1220. The van der Waals surface area contributed by atoms with E-state index in [0.717, 1.165) is 6.26 Å². The summed E-state index contributed by atoms with van der Waals surface area (Å²) in [4.78, 5) is 28.8. The molecule has 0 saturated carbocycles. The molecule has 0 unspecified atom stereocenters. The molecular weight excluding hydrogens is 444 g/mol. The van der Waals surface area contributed by atoms with Crippen molar-refractivity contribution in [2.75, 3.05) is 28.7 Å². The summed E-state index contributed by atoms with van der Waals surface area (Å²) in [6.07, 6.45) is 2.42. The standard InChI is InChI=1S/C19H20N4O6S2/c1-11-14(6-7-29-11)18(25)22-19-21-13(10-30-19)9-17(24)20-12-4-5-16(28-2)15(8-12)23-31(3,26)27/h4-8,10,23H,9H2,1-3H3,(H,20,24)(H,21,22,25). The van der Waals surface area contributed by atoms with Crippen molar-refractivity contribution in [2.45, 2.75) is 13.3 Å². The highest BCUT2D eigenvalue weighted by Gasteiger charge is 2.15. The van der Waals surface area contributed by atoms with E-state index >= 15 is 0 Å². The molecule has 2 amide bonds. The molecule has 0 aliphatic heterocycles. The van der Waals surface area contributed by atoms with Crippen molar-refractivity contribution < 1.29 is 27.2 Å². The highest BCUT2D eigenvalue weighted by atomic mass is 32.2. The molecule has 1 aromatic carbocycles. The van der Waals surface area contributed by atoms with E-state index in [1.54, 1.807) is 24.4 Å². The highest BCUT2D eigenvalue weighted by molar-refractivity contribution is 7.92. The number of aromatic nitrogens is 1. The van der Waals surface area contributed by atoms with Gasteiger partial charge in [0.25, 0.3) is 5.91 Å². The second-order valence-electron chi connectivity index (χ2n) is 6.50. The molecule has 0 saturated heterocycles. The minimum atomic E-state index is -3.52. The van der Waals surface area contributed by atoms with E-state index in [9.17, 15) is 18.0 Å². The molecule has 2 heterocycles. The maximum absolute atomic E-state index is 12.4. The first-order chi connectivity index (χ1) is 14.6. The highest BCUT2D eigenvalue weighted by Crippen LogP contribution is 2.28. The largest absolute Gasteiger partial charge is 0.495 e. The molecule has 3 aromatic rings. The van der Waals surface area contributed by atoms with Crippen LogP contribution in [0.3, 0.4) is 0 Å². The van der Waals surface area contributed by atoms with Crippen LogP contribution in [0, 0.1) is 6.92 Å². The van der Waals surface area contributed by atoms with Crippen molar-refractivity contribution in [3.05, 3.63) is 52.9 Å². The number of amides is 2. The average molecular weight is 465 g/mol. The van der Waals surface area contributed by atoms with Crippen molar-refractivity contribution in [1.29, 1.82) is 0 Å². The lowest BCUT2D eigenvalue weighted by Gasteiger charge is -2.12. The zero-order valence-corrected chi connectivity index (χ0v) is 18.5. The number of nitrogens with one attached hydrogen (secondary N) is 3. The number of thiazole rings is 1. The van der Waals surface area contributed by atoms with Gasteiger partial charge in [-0.25, -0.2) is 13.4 Å². The third kappa shape index (κ3) is 6.06. The van der Waals surface area contributed by atoms with E-state index in [0.29, 0.717) is 33.6 Å². The molecule has 0 fully saturated rings. The Morgan fingerprint density at radius 2 is 2.00 bits per heavy atom. The number of carbonyl (C=O) groups excluding carboxylic acids is 2. The van der Waals surface area contributed by atoms with E-state index < -0.39 is 10.0 Å². The Morgan fingerprint density at radius 3 is 2.65 bits per heavy atom. The summed E-state index contributed by atoms with van der Waals surface area (Å²) in [6, 6.07) is 6.15. The molecule has 0 aliphatic carbocycles. The maximum atomic E-state index is 12.4. The first-order valence-corrected chi connectivity index (χ1v) is 11.7. The van der Waals surface area contributed by atoms with Gasteiger partial charge < -0.3 is 14.5 Å². The minimum Gasteiger partial charge on any atom is -0.495 e. The summed E-state index contributed by atoms with van der Waals surface area (Å²) in [7, 11) is -2.11. The molecular formula is C19H20N4O6S2. The van der Waals surface area contributed by atoms with Gasteiger partial charge >= 0.3 is 0 Å². The fourth-order valence-electron chi connectivity index (χ4n) is 2.67. The molecule has 0 radical (unpaired) electrons. The lowest BCUT2D eigenvalue weighted by atomic mass is 10.2. The summed E-state index contributed by atoms with van der Waals surface area (Å²) < 4.78 is 35.6. The number of methoxy groups -OCH3 is 1. The van der Waals surface area contributed by atoms with Crippen LogP contribution in [0.1, 0.15) is 21.8 Å². The predicted octanol–water partition coefficient (Wildman–Crippen LogP) is 2.86. The molecule has 164 valence electrons. The molecule has 3 rings (SSSR count). The van der Waals surface area contributed by atoms with Gasteiger partial charge in [0.2, 0.25) is 15.9 Å². The summed E-state index contributed by atoms with van der Waals surface area (Å²) in [5.41, 5.74) is 1.48. The van der Waals surface area contributed by atoms with Crippen LogP contribution >= 0.6 is 11.3 Å². The van der Waals surface area contributed by atoms with Gasteiger partial charge in [0.1, 0.15) is 11.5 Å². The molecule has 0 aliphatic rings. The zero-order valence-electron chi connectivity index (χ0n) is 16.9. The molecule has 2 aromatic heterocycles. The van der Waals surface area contributed by atoms with E-state index in [4.69, 9.17) is 9.15 Å². The average Bonchev–Trinajstić information content (AvgIpc) is 3.29. The number of nitrogens with zero attached hydrogens (tertiary/aromatic N) is 1. The topological polar surface area (TPSA) is 140 Å². The molecule has 3 N–H and O–H groups in total. The number of hydrogen-bond donors (Lipinski definition) is 3. The smallest absolute Gasteiger partial charge is 0.260 e. The fraction of sp³-hybridized carbons (Fsp3) is 0.211. The number of furan rings is 1. The minimum absolute atomic E-state index is 0.0298. The molecule has 10 nitrogen and oxygen atoms in total. The summed E-state index contributed by atoms with van der Waals surface area (Å²) in [5, 5.41) is 7.38. The van der Waals surface area contributed by atoms with Gasteiger partial charge in [-0.05, 0) is 31.2 Å². The van der Waals surface area contributed by atoms with Crippen LogP contribution < -0.4 is 20.1 Å². The van der Waals surface area contributed by atoms with Crippen LogP contribution in [-0.4, -0.2) is 38.6 Å². The molecule has 0 bridgehead atoms. The van der Waals surface area contributed by atoms with Crippen LogP contribution in [0.4, 0.5) is 16.5 Å². The number of hydrogen-bond acceptors (Lipinski definition) is 8. The molecule has 12 heteroatoms. The first-order valence-electron chi connectivity index (χ1n) is 8.90. The first kappa shape index (κ1) is 22.3. The Labute approximate surface area is 182 Å². The van der Waals surface area contributed by atoms with Crippen LogP contribution in [-0.2, 0) is 21.2 Å². The monoisotopic (exact) mass is 464 g/mol. The number of rotatable bonds is 8. The van der Waals surface area contributed by atoms with E-state index in [2.05, 4.69) is 20.3 Å². The Balaban J connectivity index is 1.63. The van der Waals surface area contributed by atoms with Crippen LogP contribution in [0.25, 0.3) is 0 Å². The number of carbonyl (C=O) groups is 2. The third-order valence-corrected chi connectivity index (χ3v) is 5.39. The third-order valence-electron chi connectivity index (χ3n) is 4.00. The van der Waals surface area contributed by atoms with Gasteiger partial charge in [-0.3, -0.25) is 19.6 Å². The van der Waals surface area contributed by atoms with Crippen LogP contribution in [0.15, 0.2) is 40.3 Å². The van der Waals surface area contributed by atoms with Gasteiger partial charge in [-0.1, -0.05) is 0 Å². The molecule has 0 spiro atoms. The van der Waals surface area contributed by atoms with Crippen molar-refractivity contribution in [3.8, 4) is 5.75 Å². The van der Waals surface area contributed by atoms with Crippen LogP contribution in [0.5, 0.6) is 5.75 Å². The molecule has 31 heavy (non-hydrogen) atoms. The van der Waals surface area contributed by atoms with Crippen LogP contribution in [0.2, 0.25) is 0 Å². The predicted molar refractivity (Wildman–Crippen MR) is 117 cm³/mol. The lowest BCUT2D eigenvalue weighted by molar-refractivity contribution is -0.115. The van der Waals surface area contributed by atoms with E-state index in [1.165, 1.54) is 36.8 Å². The number of benzene rings is 1. The summed E-state index contributed by atoms with van der Waals surface area (Å²) >= 11 is 1.20. The van der Waals surface area contributed by atoms with E-state index in [-0.39, 0.29) is 23.9 Å². The number of aryl methyl sites for hydroxylation is 1. The second kappa shape index (κ2) is 9.18. The SMILES string of the molecule is COc1ccc(NC(=O)Cc2csc(NC(=O)c3ccoc3C)n2)cc1NS(C)(=O)=O. The summed E-state index contributed by atoms with van der Waals surface area (Å²) in [5.74, 6) is 0.110. The van der Waals surface area contributed by atoms with Crippen molar-refractivity contribution in [1.82, 2.24) is 4.98 Å². The van der Waals surface area contributed by atoms with Gasteiger partial charge in [-0.2, -0.15) is 0 Å². The quantitative estimate of drug-likeness (QED) is 0.466. The van der Waals surface area contributed by atoms with Crippen molar-refractivity contribution >= 4 is 49.7 Å². The summed E-state index contributed by atoms with van der Waals surface area (Å²) in [6.45, 7) is 1.68. The van der Waals surface area contributed by atoms with Crippen molar-refractivity contribution in [3.63, 3.8) is 0 Å². The van der Waals surface area contributed by atoms with Gasteiger partial charge in [0.05, 0.1) is 43.0 Å². The Morgan fingerprint density at radius 1 is 1.23 bits per heavy atom.